The van der Waals surface area contributed by atoms with Gasteiger partial charge in [0.1, 0.15) is 13.1 Å². The van der Waals surface area contributed by atoms with Crippen molar-refractivity contribution in [3.63, 3.8) is 0 Å². The Hall–Kier alpha value is -2.78. The molecule has 144 valence electrons. The number of aliphatic hydroxyl groups excluding tert-OH is 1. The Morgan fingerprint density at radius 3 is 2.52 bits per heavy atom. The number of hydrogen-bond donors (Lipinski definition) is 2. The number of carbonyl (C=O) groups excluding carboxylic acids is 2. The number of carbonyl (C=O) groups is 2. The predicted octanol–water partition coefficient (Wildman–Crippen LogP) is -0.206. The van der Waals surface area contributed by atoms with Crippen molar-refractivity contribution in [2.45, 2.75) is 13.0 Å². The molecule has 0 spiro atoms. The van der Waals surface area contributed by atoms with Crippen molar-refractivity contribution in [2.24, 2.45) is 0 Å². The van der Waals surface area contributed by atoms with Gasteiger partial charge in [0, 0.05) is 12.1 Å². The molecule has 9 nitrogen and oxygen atoms in total. The first kappa shape index (κ1) is 19.0. The lowest BCUT2D eigenvalue weighted by Crippen LogP contribution is -3.14. The number of ketones is 1. The van der Waals surface area contributed by atoms with Crippen molar-refractivity contribution < 1.29 is 29.3 Å². The van der Waals surface area contributed by atoms with Crippen LogP contribution in [0.5, 0.6) is 0 Å². The highest BCUT2D eigenvalue weighted by Gasteiger charge is 2.42. The van der Waals surface area contributed by atoms with E-state index in [4.69, 9.17) is 4.74 Å². The summed E-state index contributed by atoms with van der Waals surface area (Å²) in [5, 5.41) is 21.1. The van der Waals surface area contributed by atoms with Crippen molar-refractivity contribution in [3.05, 3.63) is 51.3 Å². The average Bonchev–Trinajstić information content (AvgIpc) is 2.92. The standard InChI is InChI=1S/C18H21N3O6/c1-12(22)15-16(13-2-4-14(5-3-13)21(25)26)20(18(24)17(15)23)7-6-19-8-10-27-11-9-19/h2-5,16,23H,6-11H2,1H3/p+1. The molecule has 0 bridgehead atoms. The fourth-order valence-corrected chi connectivity index (χ4v) is 3.56. The van der Waals surface area contributed by atoms with Crippen LogP contribution in [-0.4, -0.2) is 66.0 Å². The van der Waals surface area contributed by atoms with Gasteiger partial charge in [0.25, 0.3) is 11.6 Å². The molecule has 1 amide bonds. The van der Waals surface area contributed by atoms with E-state index in [9.17, 15) is 24.8 Å². The maximum Gasteiger partial charge on any atom is 0.290 e. The molecule has 0 aromatic heterocycles. The SMILES string of the molecule is CC(=O)C1=C(O)C(=O)N(CC[NH+]2CCOCC2)C1c1ccc([N+](=O)[O-])cc1. The Labute approximate surface area is 156 Å². The van der Waals surface area contributed by atoms with E-state index in [1.165, 1.54) is 41.0 Å². The summed E-state index contributed by atoms with van der Waals surface area (Å²) in [4.78, 5) is 37.8. The van der Waals surface area contributed by atoms with Crippen molar-refractivity contribution in [1.29, 1.82) is 0 Å². The zero-order chi connectivity index (χ0) is 19.6. The molecule has 9 heteroatoms. The van der Waals surface area contributed by atoms with E-state index in [1.807, 2.05) is 0 Å². The van der Waals surface area contributed by atoms with Gasteiger partial charge in [-0.3, -0.25) is 19.7 Å². The highest BCUT2D eigenvalue weighted by Crippen LogP contribution is 2.37. The molecule has 2 N–H and O–H groups in total. The molecule has 0 radical (unpaired) electrons. The maximum atomic E-state index is 12.6. The van der Waals surface area contributed by atoms with E-state index >= 15 is 0 Å². The van der Waals surface area contributed by atoms with E-state index in [0.717, 1.165) is 13.1 Å². The van der Waals surface area contributed by atoms with Crippen LogP contribution < -0.4 is 4.90 Å². The van der Waals surface area contributed by atoms with Crippen LogP contribution in [0.15, 0.2) is 35.6 Å². The fourth-order valence-electron chi connectivity index (χ4n) is 3.56. The number of benzene rings is 1. The van der Waals surface area contributed by atoms with Crippen molar-refractivity contribution in [1.82, 2.24) is 4.90 Å². The van der Waals surface area contributed by atoms with Gasteiger partial charge in [-0.15, -0.1) is 0 Å². The monoisotopic (exact) mass is 376 g/mol. The summed E-state index contributed by atoms with van der Waals surface area (Å²) in [5.74, 6) is -1.52. The van der Waals surface area contributed by atoms with Gasteiger partial charge in [-0.05, 0) is 24.6 Å². The minimum Gasteiger partial charge on any atom is -0.503 e. The molecular weight excluding hydrogens is 354 g/mol. The first-order valence-corrected chi connectivity index (χ1v) is 8.81. The molecule has 1 atom stereocenters. The third-order valence-corrected chi connectivity index (χ3v) is 5.01. The van der Waals surface area contributed by atoms with Gasteiger partial charge in [0.05, 0.1) is 42.8 Å². The molecule has 2 aliphatic rings. The second-order valence-electron chi connectivity index (χ2n) is 6.68. The third-order valence-electron chi connectivity index (χ3n) is 5.01. The lowest BCUT2D eigenvalue weighted by atomic mass is 9.96. The van der Waals surface area contributed by atoms with Crippen LogP contribution >= 0.6 is 0 Å². The number of nitro benzene ring substituents is 1. The quantitative estimate of drug-likeness (QED) is 0.525. The van der Waals surface area contributed by atoms with E-state index in [1.54, 1.807) is 0 Å². The van der Waals surface area contributed by atoms with Gasteiger partial charge >= 0.3 is 0 Å². The molecule has 0 aliphatic carbocycles. The number of ether oxygens (including phenoxy) is 1. The Kier molecular flexibility index (Phi) is 5.52. The molecule has 3 rings (SSSR count). The molecular formula is C18H22N3O6+. The Balaban J connectivity index is 1.87. The van der Waals surface area contributed by atoms with Crippen LogP contribution in [0.1, 0.15) is 18.5 Å². The summed E-state index contributed by atoms with van der Waals surface area (Å²) in [7, 11) is 0. The van der Waals surface area contributed by atoms with E-state index in [-0.39, 0.29) is 11.3 Å². The topological polar surface area (TPSA) is 114 Å². The molecule has 2 heterocycles. The van der Waals surface area contributed by atoms with Gasteiger partial charge in [-0.25, -0.2) is 0 Å². The first-order valence-electron chi connectivity index (χ1n) is 8.81. The number of amides is 1. The average molecular weight is 376 g/mol. The van der Waals surface area contributed by atoms with E-state index in [0.29, 0.717) is 31.9 Å². The number of aliphatic hydroxyl groups is 1. The summed E-state index contributed by atoms with van der Waals surface area (Å²) in [5.41, 5.74) is 0.510. The van der Waals surface area contributed by atoms with Gasteiger partial charge in [-0.1, -0.05) is 0 Å². The minimum atomic E-state index is -0.740. The fraction of sp³-hybridized carbons (Fsp3) is 0.444. The number of morpholine rings is 1. The van der Waals surface area contributed by atoms with Crippen LogP contribution in [0.4, 0.5) is 5.69 Å². The van der Waals surface area contributed by atoms with E-state index < -0.39 is 28.4 Å². The van der Waals surface area contributed by atoms with Gasteiger partial charge < -0.3 is 19.6 Å². The van der Waals surface area contributed by atoms with Gasteiger partial charge in [-0.2, -0.15) is 0 Å². The van der Waals surface area contributed by atoms with Gasteiger partial charge in [0.2, 0.25) is 0 Å². The predicted molar refractivity (Wildman–Crippen MR) is 94.3 cm³/mol. The van der Waals surface area contributed by atoms with Crippen LogP contribution in [0.2, 0.25) is 0 Å². The number of nitrogens with zero attached hydrogens (tertiary/aromatic N) is 2. The molecule has 1 fully saturated rings. The largest absolute Gasteiger partial charge is 0.503 e. The molecule has 1 unspecified atom stereocenters. The van der Waals surface area contributed by atoms with E-state index in [2.05, 4.69) is 0 Å². The number of quaternary nitrogens is 1. The van der Waals surface area contributed by atoms with Crippen molar-refractivity contribution in [2.75, 3.05) is 39.4 Å². The zero-order valence-electron chi connectivity index (χ0n) is 15.0. The first-order chi connectivity index (χ1) is 12.9. The normalized spacial score (nSPS) is 21.0. The van der Waals surface area contributed by atoms with Crippen LogP contribution in [0.25, 0.3) is 0 Å². The molecule has 2 aliphatic heterocycles. The molecule has 1 aromatic rings. The Morgan fingerprint density at radius 2 is 1.96 bits per heavy atom. The second-order valence-corrected chi connectivity index (χ2v) is 6.68. The van der Waals surface area contributed by atoms with Crippen LogP contribution in [0.3, 0.4) is 0 Å². The summed E-state index contributed by atoms with van der Waals surface area (Å²) < 4.78 is 5.33. The number of nitro groups is 1. The molecule has 27 heavy (non-hydrogen) atoms. The number of rotatable bonds is 6. The minimum absolute atomic E-state index is 0.0332. The Bertz CT molecular complexity index is 783. The second kappa shape index (κ2) is 7.85. The van der Waals surface area contributed by atoms with Crippen LogP contribution in [0, 0.1) is 10.1 Å². The highest BCUT2D eigenvalue weighted by atomic mass is 16.6. The highest BCUT2D eigenvalue weighted by molar-refractivity contribution is 6.08. The lowest BCUT2D eigenvalue weighted by Gasteiger charge is -2.29. The van der Waals surface area contributed by atoms with Gasteiger partial charge in [0.15, 0.2) is 11.5 Å². The number of Topliss-reactive ketones (excluding diaryl/α,β-unsaturated/α-hetero) is 1. The summed E-state index contributed by atoms with van der Waals surface area (Å²) in [6.45, 7) is 5.32. The van der Waals surface area contributed by atoms with Crippen molar-refractivity contribution in [3.8, 4) is 0 Å². The summed E-state index contributed by atoms with van der Waals surface area (Å²) >= 11 is 0. The third kappa shape index (κ3) is 3.83. The summed E-state index contributed by atoms with van der Waals surface area (Å²) in [6.07, 6.45) is 0. The smallest absolute Gasteiger partial charge is 0.290 e. The molecule has 1 saturated heterocycles. The summed E-state index contributed by atoms with van der Waals surface area (Å²) in [6, 6.07) is 4.96. The molecule has 0 saturated carbocycles. The number of non-ortho nitro benzene ring substituents is 1. The zero-order valence-corrected chi connectivity index (χ0v) is 15.0. The Morgan fingerprint density at radius 1 is 1.33 bits per heavy atom. The number of hydrogen-bond acceptors (Lipinski definition) is 6. The molecule has 1 aromatic carbocycles. The van der Waals surface area contributed by atoms with Crippen LogP contribution in [-0.2, 0) is 14.3 Å². The number of nitrogens with one attached hydrogen (secondary N) is 1. The maximum absolute atomic E-state index is 12.6. The van der Waals surface area contributed by atoms with Crippen molar-refractivity contribution >= 4 is 17.4 Å². The lowest BCUT2D eigenvalue weighted by molar-refractivity contribution is -0.907.